The number of hydrogen-bond donors (Lipinski definition) is 1. The van der Waals surface area contributed by atoms with E-state index in [-0.39, 0.29) is 22.2 Å². The Hall–Kier alpha value is -2.23. The van der Waals surface area contributed by atoms with Crippen molar-refractivity contribution in [3.05, 3.63) is 66.0 Å². The second kappa shape index (κ2) is 10.1. The van der Waals surface area contributed by atoms with E-state index in [1.807, 2.05) is 19.9 Å². The highest BCUT2D eigenvalue weighted by atomic mass is 79.9. The fraction of sp³-hybridized carbons (Fsp3) is 0.273. The Morgan fingerprint density at radius 1 is 1.31 bits per heavy atom. The Labute approximate surface area is 206 Å². The first-order valence-corrected chi connectivity index (χ1v) is 11.7. The van der Waals surface area contributed by atoms with Gasteiger partial charge in [-0.1, -0.05) is 41.4 Å². The molecule has 0 aliphatic carbocycles. The smallest absolute Gasteiger partial charge is 0.344 e. The standard InChI is InChI=1S/C22H20Br2ClN3O4/c1-4-11(2)20-27-18-6-5-14(23)9-15(18)21(29)28(20)26-10-13-7-16(24)19(17(25)8-13)32-12(3)22(30)31/h5-12H,4H2,1-3H3,(H,30,31)/t11-,12+/m1/s1. The van der Waals surface area contributed by atoms with Crippen LogP contribution in [0.25, 0.3) is 10.9 Å². The molecule has 3 aromatic rings. The molecular formula is C22H20Br2ClN3O4. The van der Waals surface area contributed by atoms with Crippen LogP contribution in [0.4, 0.5) is 0 Å². The summed E-state index contributed by atoms with van der Waals surface area (Å²) < 4.78 is 7.96. The average Bonchev–Trinajstić information content (AvgIpc) is 2.75. The summed E-state index contributed by atoms with van der Waals surface area (Å²) in [6.45, 7) is 5.42. The van der Waals surface area contributed by atoms with Crippen molar-refractivity contribution in [2.45, 2.75) is 39.2 Å². The quantitative estimate of drug-likeness (QED) is 0.353. The molecule has 32 heavy (non-hydrogen) atoms. The molecule has 0 amide bonds. The summed E-state index contributed by atoms with van der Waals surface area (Å²) >= 11 is 13.0. The Morgan fingerprint density at radius 2 is 2.03 bits per heavy atom. The third-order valence-corrected chi connectivity index (χ3v) is 6.23. The highest BCUT2D eigenvalue weighted by Gasteiger charge is 2.18. The van der Waals surface area contributed by atoms with Crippen LogP contribution in [0.1, 0.15) is 44.5 Å². The van der Waals surface area contributed by atoms with Crippen LogP contribution < -0.4 is 10.3 Å². The van der Waals surface area contributed by atoms with E-state index >= 15 is 0 Å². The molecule has 0 saturated heterocycles. The number of halogens is 3. The van der Waals surface area contributed by atoms with Gasteiger partial charge in [0.1, 0.15) is 5.82 Å². The molecule has 0 unspecified atom stereocenters. The molecule has 10 heteroatoms. The van der Waals surface area contributed by atoms with E-state index in [1.54, 1.807) is 24.3 Å². The van der Waals surface area contributed by atoms with Crippen molar-refractivity contribution in [2.75, 3.05) is 0 Å². The van der Waals surface area contributed by atoms with Gasteiger partial charge in [-0.15, -0.1) is 0 Å². The molecule has 0 aliphatic heterocycles. The number of fused-ring (bicyclic) bond motifs is 1. The zero-order valence-electron chi connectivity index (χ0n) is 17.5. The van der Waals surface area contributed by atoms with Gasteiger partial charge in [-0.2, -0.15) is 9.78 Å². The average molecular weight is 586 g/mol. The number of carbonyl (C=O) groups is 1. The van der Waals surface area contributed by atoms with Gasteiger partial charge in [0.2, 0.25) is 0 Å². The molecule has 3 rings (SSSR count). The van der Waals surface area contributed by atoms with Crippen molar-refractivity contribution in [1.82, 2.24) is 9.66 Å². The Morgan fingerprint density at radius 3 is 2.66 bits per heavy atom. The van der Waals surface area contributed by atoms with Crippen LogP contribution in [0, 0.1) is 0 Å². The summed E-state index contributed by atoms with van der Waals surface area (Å²) in [6, 6.07) is 8.63. The van der Waals surface area contributed by atoms with Crippen molar-refractivity contribution >= 4 is 66.5 Å². The van der Waals surface area contributed by atoms with E-state index in [2.05, 4.69) is 41.9 Å². The van der Waals surface area contributed by atoms with E-state index < -0.39 is 12.1 Å². The number of benzene rings is 2. The summed E-state index contributed by atoms with van der Waals surface area (Å²) in [6.07, 6.45) is 1.22. The molecule has 0 fully saturated rings. The topological polar surface area (TPSA) is 93.8 Å². The van der Waals surface area contributed by atoms with Gasteiger partial charge in [-0.25, -0.2) is 9.78 Å². The highest BCUT2D eigenvalue weighted by Crippen LogP contribution is 2.35. The number of rotatable bonds is 7. The first-order valence-electron chi connectivity index (χ1n) is 9.77. The van der Waals surface area contributed by atoms with Crippen LogP contribution in [0.15, 0.2) is 49.2 Å². The molecule has 0 aliphatic rings. The van der Waals surface area contributed by atoms with Crippen LogP contribution in [0.2, 0.25) is 5.02 Å². The lowest BCUT2D eigenvalue weighted by Gasteiger charge is -2.15. The lowest BCUT2D eigenvalue weighted by Crippen LogP contribution is -2.24. The van der Waals surface area contributed by atoms with Crippen molar-refractivity contribution in [3.8, 4) is 5.75 Å². The maximum absolute atomic E-state index is 13.2. The third-order valence-electron chi connectivity index (χ3n) is 4.87. The number of nitrogens with zero attached hydrogens (tertiary/aromatic N) is 3. The first kappa shape index (κ1) is 24.4. The van der Waals surface area contributed by atoms with Crippen LogP contribution >= 0.6 is 43.5 Å². The Kier molecular flexibility index (Phi) is 7.74. The zero-order chi connectivity index (χ0) is 23.6. The SMILES string of the molecule is CC[C@@H](C)c1nc2ccc(Br)cc2c(=O)n1N=Cc1cc(Cl)c(O[C@@H](C)C(=O)O)c(Br)c1. The maximum Gasteiger partial charge on any atom is 0.344 e. The van der Waals surface area contributed by atoms with E-state index in [9.17, 15) is 9.59 Å². The minimum Gasteiger partial charge on any atom is -0.479 e. The van der Waals surface area contributed by atoms with E-state index in [0.29, 0.717) is 26.8 Å². The molecule has 1 N–H and O–H groups in total. The third kappa shape index (κ3) is 5.22. The summed E-state index contributed by atoms with van der Waals surface area (Å²) in [5, 5.41) is 14.1. The summed E-state index contributed by atoms with van der Waals surface area (Å²) in [5.41, 5.74) is 0.927. The largest absolute Gasteiger partial charge is 0.479 e. The van der Waals surface area contributed by atoms with Crippen LogP contribution in [0.3, 0.4) is 0 Å². The second-order valence-electron chi connectivity index (χ2n) is 7.21. The van der Waals surface area contributed by atoms with Crippen molar-refractivity contribution in [1.29, 1.82) is 0 Å². The van der Waals surface area contributed by atoms with E-state index in [1.165, 1.54) is 17.8 Å². The summed E-state index contributed by atoms with van der Waals surface area (Å²) in [7, 11) is 0. The number of carboxylic acid groups (broad SMARTS) is 1. The van der Waals surface area contributed by atoms with Gasteiger partial charge < -0.3 is 9.84 Å². The minimum atomic E-state index is -1.11. The zero-order valence-corrected chi connectivity index (χ0v) is 21.4. The lowest BCUT2D eigenvalue weighted by atomic mass is 10.1. The first-order chi connectivity index (χ1) is 15.1. The minimum absolute atomic E-state index is 0.0107. The molecule has 0 radical (unpaired) electrons. The highest BCUT2D eigenvalue weighted by molar-refractivity contribution is 9.10. The molecule has 2 aromatic carbocycles. The number of hydrogen-bond acceptors (Lipinski definition) is 5. The number of carboxylic acids is 1. The molecule has 1 aromatic heterocycles. The van der Waals surface area contributed by atoms with Gasteiger partial charge >= 0.3 is 5.97 Å². The van der Waals surface area contributed by atoms with Crippen molar-refractivity contribution in [3.63, 3.8) is 0 Å². The monoisotopic (exact) mass is 583 g/mol. The van der Waals surface area contributed by atoms with Gasteiger partial charge in [0.15, 0.2) is 11.9 Å². The molecule has 0 saturated carbocycles. The lowest BCUT2D eigenvalue weighted by molar-refractivity contribution is -0.144. The maximum atomic E-state index is 13.2. The van der Waals surface area contributed by atoms with E-state index in [0.717, 1.165) is 10.9 Å². The van der Waals surface area contributed by atoms with Gasteiger partial charge in [0.25, 0.3) is 5.56 Å². The molecule has 0 bridgehead atoms. The van der Waals surface area contributed by atoms with Gasteiger partial charge in [-0.05, 0) is 65.2 Å². The van der Waals surface area contributed by atoms with Gasteiger partial charge in [-0.3, -0.25) is 4.79 Å². The van der Waals surface area contributed by atoms with Crippen molar-refractivity contribution < 1.29 is 14.6 Å². The van der Waals surface area contributed by atoms with Gasteiger partial charge in [0.05, 0.1) is 26.6 Å². The Balaban J connectivity index is 2.07. The predicted molar refractivity (Wildman–Crippen MR) is 132 cm³/mol. The second-order valence-corrected chi connectivity index (χ2v) is 9.39. The normalized spacial score (nSPS) is 13.4. The van der Waals surface area contributed by atoms with Crippen LogP contribution in [-0.2, 0) is 4.79 Å². The number of ether oxygens (including phenoxy) is 1. The molecule has 168 valence electrons. The molecule has 2 atom stereocenters. The fourth-order valence-electron chi connectivity index (χ4n) is 2.90. The molecule has 1 heterocycles. The number of aromatic nitrogens is 2. The van der Waals surface area contributed by atoms with Crippen LogP contribution in [-0.4, -0.2) is 33.1 Å². The number of aliphatic carboxylic acids is 1. The predicted octanol–water partition coefficient (Wildman–Crippen LogP) is 5.82. The molecule has 0 spiro atoms. The van der Waals surface area contributed by atoms with E-state index in [4.69, 9.17) is 21.4 Å². The fourth-order valence-corrected chi connectivity index (χ4v) is 4.22. The van der Waals surface area contributed by atoms with Crippen molar-refractivity contribution in [2.24, 2.45) is 5.10 Å². The molecular weight excluding hydrogens is 566 g/mol. The van der Waals surface area contributed by atoms with Gasteiger partial charge in [0, 0.05) is 10.4 Å². The Bertz CT molecular complexity index is 1250. The van der Waals surface area contributed by atoms with Crippen LogP contribution in [0.5, 0.6) is 5.75 Å². The molecule has 7 nitrogen and oxygen atoms in total. The summed E-state index contributed by atoms with van der Waals surface area (Å²) in [4.78, 5) is 28.9. The summed E-state index contributed by atoms with van der Waals surface area (Å²) in [5.74, 6) is -0.320.